The van der Waals surface area contributed by atoms with Crippen LogP contribution in [0, 0.1) is 7.66 Å². The van der Waals surface area contributed by atoms with Gasteiger partial charge in [0.15, 0.2) is 29.3 Å². The van der Waals surface area contributed by atoms with Crippen LogP contribution in [0.2, 0.25) is 10.3 Å². The van der Waals surface area contributed by atoms with Crippen molar-refractivity contribution in [2.75, 3.05) is 0 Å². The van der Waals surface area contributed by atoms with Crippen LogP contribution in [0.1, 0.15) is 12.5 Å². The van der Waals surface area contributed by atoms with Crippen molar-refractivity contribution in [1.82, 2.24) is 39.5 Å². The van der Waals surface area contributed by atoms with Crippen molar-refractivity contribution in [3.63, 3.8) is 0 Å². The van der Waals surface area contributed by atoms with E-state index < -0.39 is 6.10 Å². The number of nitrogens with one attached hydrogen (secondary N) is 1. The number of hydrogen-bond acceptors (Lipinski definition) is 7. The van der Waals surface area contributed by atoms with Crippen molar-refractivity contribution < 1.29 is 5.11 Å². The maximum absolute atomic E-state index is 9.50. The molecule has 4 aromatic heterocycles. The first-order valence-electron chi connectivity index (χ1n) is 7.86. The predicted octanol–water partition coefficient (Wildman–Crippen LogP) is 3.56. The van der Waals surface area contributed by atoms with Crippen LogP contribution in [0.15, 0.2) is 24.8 Å². The van der Waals surface area contributed by atoms with Crippen molar-refractivity contribution in [2.45, 2.75) is 18.6 Å². The van der Waals surface area contributed by atoms with Gasteiger partial charge in [-0.2, -0.15) is 0 Å². The fraction of sp³-hybridized carbons (Fsp3) is 0.200. The molecule has 13 heteroatoms. The molecule has 0 saturated heterocycles. The number of H-pyrrole nitrogens is 1. The minimum atomic E-state index is -0.395. The minimum Gasteiger partial charge on any atom is -0.389 e. The number of aromatic nitrogens is 8. The van der Waals surface area contributed by atoms with Gasteiger partial charge in [0.05, 0.1) is 24.8 Å². The number of hydrogen-bond donors (Lipinski definition) is 2. The second kappa shape index (κ2) is 8.30. The van der Waals surface area contributed by atoms with Crippen LogP contribution in [0.4, 0.5) is 0 Å². The Morgan fingerprint density at radius 2 is 1.79 bits per heavy atom. The number of aromatic amines is 1. The number of halogens is 4. The smallest absolute Gasteiger partial charge is 0.194 e. The third-order valence-corrected chi connectivity index (χ3v) is 5.46. The van der Waals surface area contributed by atoms with Crippen LogP contribution < -0.4 is 0 Å². The Morgan fingerprint density at radius 1 is 1.04 bits per heavy atom. The number of rotatable bonds is 1. The van der Waals surface area contributed by atoms with Crippen molar-refractivity contribution in [3.05, 3.63) is 42.8 Å². The first kappa shape index (κ1) is 20.1. The van der Waals surface area contributed by atoms with Crippen LogP contribution >= 0.6 is 68.4 Å². The third-order valence-electron chi connectivity index (χ3n) is 3.96. The summed E-state index contributed by atoms with van der Waals surface area (Å²) in [6.45, 7) is 0. The molecule has 1 aliphatic rings. The Bertz CT molecular complexity index is 1190. The molecule has 0 unspecified atom stereocenters. The quantitative estimate of drug-likeness (QED) is 0.141. The lowest BCUT2D eigenvalue weighted by atomic mass is 10.2. The van der Waals surface area contributed by atoms with E-state index in [1.54, 1.807) is 18.7 Å². The van der Waals surface area contributed by atoms with Crippen LogP contribution in [0.3, 0.4) is 0 Å². The maximum Gasteiger partial charge on any atom is 0.194 e. The van der Waals surface area contributed by atoms with Gasteiger partial charge in [0, 0.05) is 51.6 Å². The maximum atomic E-state index is 9.50. The molecule has 0 amide bonds. The first-order valence-corrected chi connectivity index (χ1v) is 10.8. The van der Waals surface area contributed by atoms with Gasteiger partial charge in [0.25, 0.3) is 0 Å². The second-order valence-corrected chi connectivity index (χ2v) is 8.39. The SMILES string of the molecule is Clc1nc(I)nc2nc[nH]c12.O[C@@H]1C=C[C@H](n2cnc3c(Cl)nc(I)nc32)C1. The van der Waals surface area contributed by atoms with Crippen LogP contribution in [-0.4, -0.2) is 50.7 Å². The molecule has 0 aromatic carbocycles. The van der Waals surface area contributed by atoms with E-state index in [2.05, 4.69) is 34.9 Å². The summed E-state index contributed by atoms with van der Waals surface area (Å²) < 4.78 is 3.11. The first-order chi connectivity index (χ1) is 13.4. The van der Waals surface area contributed by atoms with E-state index in [1.807, 2.05) is 55.8 Å². The molecule has 0 aliphatic heterocycles. The van der Waals surface area contributed by atoms with E-state index in [4.69, 9.17) is 23.2 Å². The molecule has 1 aliphatic carbocycles. The Morgan fingerprint density at radius 3 is 2.54 bits per heavy atom. The summed E-state index contributed by atoms with van der Waals surface area (Å²) in [7, 11) is 0. The number of nitrogens with zero attached hydrogens (tertiary/aromatic N) is 7. The van der Waals surface area contributed by atoms with Crippen LogP contribution in [-0.2, 0) is 0 Å². The highest BCUT2D eigenvalue weighted by Gasteiger charge is 2.21. The van der Waals surface area contributed by atoms with Gasteiger partial charge in [0.1, 0.15) is 11.0 Å². The minimum absolute atomic E-state index is 0.0803. The molecule has 2 atom stereocenters. The van der Waals surface area contributed by atoms with Gasteiger partial charge < -0.3 is 14.7 Å². The third kappa shape index (κ3) is 4.08. The Labute approximate surface area is 195 Å². The van der Waals surface area contributed by atoms with E-state index in [0.717, 1.165) is 0 Å². The molecule has 0 saturated carbocycles. The summed E-state index contributed by atoms with van der Waals surface area (Å²) in [5.41, 5.74) is 2.60. The molecular formula is C15H10Cl2I2N8O. The van der Waals surface area contributed by atoms with Crippen LogP contribution in [0.25, 0.3) is 22.3 Å². The lowest BCUT2D eigenvalue weighted by Crippen LogP contribution is -2.08. The molecule has 0 radical (unpaired) electrons. The zero-order valence-corrected chi connectivity index (χ0v) is 19.6. The molecular weight excluding hydrogens is 633 g/mol. The summed E-state index contributed by atoms with van der Waals surface area (Å²) in [5, 5.41) is 10.3. The topological polar surface area (TPSA) is 118 Å². The van der Waals surface area contributed by atoms with Crippen molar-refractivity contribution in [2.24, 2.45) is 0 Å². The van der Waals surface area contributed by atoms with Gasteiger partial charge in [-0.1, -0.05) is 35.4 Å². The zero-order chi connectivity index (χ0) is 19.8. The average Bonchev–Trinajstić information content (AvgIpc) is 3.34. The second-order valence-electron chi connectivity index (χ2n) is 5.75. The number of aliphatic hydroxyl groups is 1. The van der Waals surface area contributed by atoms with E-state index >= 15 is 0 Å². The largest absolute Gasteiger partial charge is 0.389 e. The summed E-state index contributed by atoms with van der Waals surface area (Å²) in [5.74, 6) is 0. The average molecular weight is 643 g/mol. The highest BCUT2D eigenvalue weighted by Crippen LogP contribution is 2.28. The van der Waals surface area contributed by atoms with E-state index in [-0.39, 0.29) is 6.04 Å². The Hall–Kier alpha value is -1.16. The fourth-order valence-electron chi connectivity index (χ4n) is 2.74. The molecule has 0 spiro atoms. The van der Waals surface area contributed by atoms with Gasteiger partial charge in [-0.15, -0.1) is 0 Å². The van der Waals surface area contributed by atoms with Crippen LogP contribution in [0.5, 0.6) is 0 Å². The summed E-state index contributed by atoms with van der Waals surface area (Å²) >= 11 is 15.8. The Kier molecular flexibility index (Phi) is 5.96. The van der Waals surface area contributed by atoms with E-state index in [0.29, 0.717) is 46.7 Å². The standard InChI is InChI=1S/C10H8ClIN4O.C5H2ClIN4/c11-8-7-9(15-10(12)14-8)16(4-13-7)5-1-2-6(17)3-5;6-3-2-4(9-1-8-2)11-5(7)10-3/h1-2,4-6,17H,3H2;1H,(H,8,9,10,11)/t5-,6+;/m0./s1. The lowest BCUT2D eigenvalue weighted by molar-refractivity contribution is 0.211. The summed E-state index contributed by atoms with van der Waals surface area (Å²) in [4.78, 5) is 27.4. The molecule has 28 heavy (non-hydrogen) atoms. The molecule has 4 aromatic rings. The van der Waals surface area contributed by atoms with Gasteiger partial charge in [-0.25, -0.2) is 29.9 Å². The molecule has 0 bridgehead atoms. The number of aliphatic hydroxyl groups excluding tert-OH is 1. The summed E-state index contributed by atoms with van der Waals surface area (Å²) in [6, 6.07) is 0.0803. The Balaban J connectivity index is 0.000000151. The lowest BCUT2D eigenvalue weighted by Gasteiger charge is -2.11. The molecule has 144 valence electrons. The number of allylic oxidation sites excluding steroid dienone is 1. The normalized spacial score (nSPS) is 18.6. The molecule has 5 rings (SSSR count). The zero-order valence-electron chi connectivity index (χ0n) is 13.8. The van der Waals surface area contributed by atoms with Gasteiger partial charge in [-0.05, 0) is 0 Å². The number of fused-ring (bicyclic) bond motifs is 2. The van der Waals surface area contributed by atoms with Gasteiger partial charge >= 0.3 is 0 Å². The van der Waals surface area contributed by atoms with Crippen molar-refractivity contribution in [3.8, 4) is 0 Å². The molecule has 0 fully saturated rings. The highest BCUT2D eigenvalue weighted by molar-refractivity contribution is 14.1. The molecule has 2 N–H and O–H groups in total. The highest BCUT2D eigenvalue weighted by atomic mass is 127. The van der Waals surface area contributed by atoms with E-state index in [1.165, 1.54) is 0 Å². The monoisotopic (exact) mass is 642 g/mol. The van der Waals surface area contributed by atoms with Gasteiger partial charge in [-0.3, -0.25) is 0 Å². The predicted molar refractivity (Wildman–Crippen MR) is 121 cm³/mol. The summed E-state index contributed by atoms with van der Waals surface area (Å²) in [6.07, 6.45) is 7.21. The van der Waals surface area contributed by atoms with Crippen molar-refractivity contribution >= 4 is 90.7 Å². The molecule has 9 nitrogen and oxygen atoms in total. The fourth-order valence-corrected chi connectivity index (χ4v) is 4.40. The molecule has 4 heterocycles. The van der Waals surface area contributed by atoms with Gasteiger partial charge in [0.2, 0.25) is 0 Å². The van der Waals surface area contributed by atoms with Crippen molar-refractivity contribution in [1.29, 1.82) is 0 Å². The number of imidazole rings is 2. The van der Waals surface area contributed by atoms with E-state index in [9.17, 15) is 5.11 Å².